The Balaban J connectivity index is 2.56. The van der Waals surface area contributed by atoms with Gasteiger partial charge >= 0.3 is 0 Å². The number of hydrogen-bond donors (Lipinski definition) is 1. The van der Waals surface area contributed by atoms with E-state index in [9.17, 15) is 0 Å². The van der Waals surface area contributed by atoms with Crippen molar-refractivity contribution < 1.29 is 0 Å². The van der Waals surface area contributed by atoms with Gasteiger partial charge in [-0.3, -0.25) is 0 Å². The Labute approximate surface area is 127 Å². The molecule has 0 saturated carbocycles. The summed E-state index contributed by atoms with van der Waals surface area (Å²) in [5.41, 5.74) is 0. The number of rotatable bonds is 8. The van der Waals surface area contributed by atoms with Crippen molar-refractivity contribution in [1.29, 1.82) is 0 Å². The van der Waals surface area contributed by atoms with Crippen molar-refractivity contribution in [3.05, 3.63) is 21.3 Å². The Kier molecular flexibility index (Phi) is 7.37. The summed E-state index contributed by atoms with van der Waals surface area (Å²) in [6.45, 7) is 7.80. The van der Waals surface area contributed by atoms with Gasteiger partial charge in [0.15, 0.2) is 0 Å². The van der Waals surface area contributed by atoms with E-state index < -0.39 is 0 Å². The number of nitrogens with one attached hydrogen (secondary N) is 1. The summed E-state index contributed by atoms with van der Waals surface area (Å²) in [5, 5.41) is 3.65. The molecule has 0 bridgehead atoms. The topological polar surface area (TPSA) is 15.3 Å². The molecule has 0 radical (unpaired) electrons. The molecule has 0 amide bonds. The van der Waals surface area contributed by atoms with Crippen LogP contribution in [0.3, 0.4) is 0 Å². The van der Waals surface area contributed by atoms with E-state index in [4.69, 9.17) is 11.6 Å². The highest BCUT2D eigenvalue weighted by atomic mass is 35.5. The zero-order valence-electron chi connectivity index (χ0n) is 12.7. The van der Waals surface area contributed by atoms with Crippen molar-refractivity contribution >= 4 is 22.9 Å². The average Bonchev–Trinajstić information content (AvgIpc) is 2.80. The van der Waals surface area contributed by atoms with Gasteiger partial charge in [-0.25, -0.2) is 0 Å². The summed E-state index contributed by atoms with van der Waals surface area (Å²) in [6.07, 6.45) is 2.47. The molecule has 110 valence electrons. The van der Waals surface area contributed by atoms with Crippen LogP contribution in [0.15, 0.2) is 12.1 Å². The third-order valence-electron chi connectivity index (χ3n) is 3.91. The van der Waals surface area contributed by atoms with E-state index in [1.807, 2.05) is 6.07 Å². The Hall–Kier alpha value is -0.0900. The van der Waals surface area contributed by atoms with Crippen LogP contribution in [0.4, 0.5) is 0 Å². The monoisotopic (exact) mass is 302 g/mol. The third kappa shape index (κ3) is 5.07. The summed E-state index contributed by atoms with van der Waals surface area (Å²) in [5.74, 6) is 0.752. The van der Waals surface area contributed by atoms with Crippen molar-refractivity contribution in [3.8, 4) is 0 Å². The van der Waals surface area contributed by atoms with E-state index in [0.717, 1.165) is 16.8 Å². The molecule has 0 aliphatic rings. The highest BCUT2D eigenvalue weighted by molar-refractivity contribution is 7.16. The molecule has 1 aromatic heterocycles. The van der Waals surface area contributed by atoms with Crippen LogP contribution in [0.1, 0.15) is 44.5 Å². The van der Waals surface area contributed by atoms with E-state index in [0.29, 0.717) is 12.1 Å². The molecule has 2 nitrogen and oxygen atoms in total. The summed E-state index contributed by atoms with van der Waals surface area (Å²) in [6, 6.07) is 5.05. The molecule has 0 fully saturated rings. The summed E-state index contributed by atoms with van der Waals surface area (Å²) in [7, 11) is 4.36. The minimum atomic E-state index is 0.370. The highest BCUT2D eigenvalue weighted by Crippen LogP contribution is 2.27. The molecule has 4 heteroatoms. The number of thiophene rings is 1. The fraction of sp³-hybridized carbons (Fsp3) is 0.733. The van der Waals surface area contributed by atoms with Crippen LogP contribution in [0.2, 0.25) is 4.34 Å². The van der Waals surface area contributed by atoms with Crippen LogP contribution < -0.4 is 5.32 Å². The first-order chi connectivity index (χ1) is 8.99. The first-order valence-electron chi connectivity index (χ1n) is 7.14. The van der Waals surface area contributed by atoms with E-state index in [2.05, 4.69) is 51.1 Å². The van der Waals surface area contributed by atoms with Gasteiger partial charge in [-0.15, -0.1) is 11.3 Å². The van der Waals surface area contributed by atoms with Crippen LogP contribution in [-0.2, 0) is 0 Å². The van der Waals surface area contributed by atoms with Crippen LogP contribution in [0.25, 0.3) is 0 Å². The first kappa shape index (κ1) is 17.0. The van der Waals surface area contributed by atoms with Gasteiger partial charge in [0.2, 0.25) is 0 Å². The quantitative estimate of drug-likeness (QED) is 0.765. The van der Waals surface area contributed by atoms with Crippen LogP contribution >= 0.6 is 22.9 Å². The second-order valence-corrected chi connectivity index (χ2v) is 7.13. The zero-order chi connectivity index (χ0) is 14.4. The molecule has 0 saturated heterocycles. The molecule has 0 spiro atoms. The number of halogens is 1. The fourth-order valence-corrected chi connectivity index (χ4v) is 3.65. The van der Waals surface area contributed by atoms with Crippen molar-refractivity contribution in [2.45, 2.75) is 45.7 Å². The Morgan fingerprint density at radius 3 is 2.32 bits per heavy atom. The van der Waals surface area contributed by atoms with E-state index in [1.54, 1.807) is 11.3 Å². The first-order valence-corrected chi connectivity index (χ1v) is 8.34. The van der Waals surface area contributed by atoms with Gasteiger partial charge in [0.25, 0.3) is 0 Å². The molecule has 1 aromatic rings. The smallest absolute Gasteiger partial charge is 0.0931 e. The molecule has 0 aliphatic heterocycles. The highest BCUT2D eigenvalue weighted by Gasteiger charge is 2.21. The largest absolute Gasteiger partial charge is 0.308 e. The predicted octanol–water partition coefficient (Wildman–Crippen LogP) is 4.42. The molecule has 1 heterocycles. The van der Waals surface area contributed by atoms with Crippen molar-refractivity contribution in [2.24, 2.45) is 5.92 Å². The molecule has 1 rings (SSSR count). The lowest BCUT2D eigenvalue weighted by Gasteiger charge is -2.32. The maximum absolute atomic E-state index is 6.00. The fourth-order valence-electron chi connectivity index (χ4n) is 2.56. The molecule has 2 atom stereocenters. The maximum Gasteiger partial charge on any atom is 0.0931 e. The van der Waals surface area contributed by atoms with Gasteiger partial charge in [-0.05, 0) is 39.1 Å². The lowest BCUT2D eigenvalue weighted by atomic mass is 9.93. The maximum atomic E-state index is 6.00. The number of hydrogen-bond acceptors (Lipinski definition) is 3. The molecular formula is C15H27ClN2S. The van der Waals surface area contributed by atoms with E-state index >= 15 is 0 Å². The van der Waals surface area contributed by atoms with Crippen molar-refractivity contribution in [1.82, 2.24) is 10.2 Å². The van der Waals surface area contributed by atoms with Gasteiger partial charge < -0.3 is 10.2 Å². The van der Waals surface area contributed by atoms with E-state index in [-0.39, 0.29) is 0 Å². The summed E-state index contributed by atoms with van der Waals surface area (Å²) >= 11 is 7.66. The summed E-state index contributed by atoms with van der Waals surface area (Å²) < 4.78 is 0.868. The molecule has 0 aliphatic carbocycles. The minimum absolute atomic E-state index is 0.370. The number of nitrogens with zero attached hydrogens (tertiary/aromatic N) is 1. The number of likely N-dealkylation sites (N-methyl/N-ethyl adjacent to an activating group) is 1. The lowest BCUT2D eigenvalue weighted by molar-refractivity contribution is 0.190. The predicted molar refractivity (Wildman–Crippen MR) is 87.3 cm³/mol. The van der Waals surface area contributed by atoms with Crippen LogP contribution in [-0.4, -0.2) is 31.6 Å². The molecule has 2 unspecified atom stereocenters. The van der Waals surface area contributed by atoms with Gasteiger partial charge in [0, 0.05) is 23.5 Å². The lowest BCUT2D eigenvalue weighted by Crippen LogP contribution is -2.43. The Bertz CT molecular complexity index is 361. The molecule has 1 N–H and O–H groups in total. The summed E-state index contributed by atoms with van der Waals surface area (Å²) in [4.78, 5) is 3.66. The van der Waals surface area contributed by atoms with Crippen LogP contribution in [0.5, 0.6) is 0 Å². The molecule has 19 heavy (non-hydrogen) atoms. The minimum Gasteiger partial charge on any atom is -0.308 e. The average molecular weight is 303 g/mol. The Morgan fingerprint density at radius 1 is 1.26 bits per heavy atom. The molecular weight excluding hydrogens is 276 g/mol. The second-order valence-electron chi connectivity index (χ2n) is 5.38. The van der Waals surface area contributed by atoms with Gasteiger partial charge in [-0.1, -0.05) is 38.3 Å². The molecule has 0 aromatic carbocycles. The van der Waals surface area contributed by atoms with Gasteiger partial charge in [0.1, 0.15) is 0 Å². The second kappa shape index (κ2) is 8.25. The zero-order valence-corrected chi connectivity index (χ0v) is 14.3. The van der Waals surface area contributed by atoms with Gasteiger partial charge in [0.05, 0.1) is 4.34 Å². The Morgan fingerprint density at radius 2 is 1.89 bits per heavy atom. The standard InChI is InChI=1S/C15H27ClN2S/c1-6-12(7-2)13(18(4)5)10-17-11(3)14-8-9-15(16)19-14/h8-9,11-13,17H,6-7,10H2,1-5H3. The van der Waals surface area contributed by atoms with E-state index in [1.165, 1.54) is 17.7 Å². The van der Waals surface area contributed by atoms with Crippen LogP contribution in [0, 0.1) is 5.92 Å². The van der Waals surface area contributed by atoms with Crippen molar-refractivity contribution in [3.63, 3.8) is 0 Å². The SMILES string of the molecule is CCC(CC)C(CNC(C)c1ccc(Cl)s1)N(C)C. The van der Waals surface area contributed by atoms with Crippen molar-refractivity contribution in [2.75, 3.05) is 20.6 Å². The third-order valence-corrected chi connectivity index (χ3v) is 5.32. The van der Waals surface area contributed by atoms with Gasteiger partial charge in [-0.2, -0.15) is 0 Å². The normalized spacial score (nSPS) is 15.2.